The van der Waals surface area contributed by atoms with Gasteiger partial charge in [0.05, 0.1) is 28.8 Å². The Hall–Kier alpha value is -2.74. The molecular weight excluding hydrogens is 323 g/mol. The van der Waals surface area contributed by atoms with Gasteiger partial charge >= 0.3 is 0 Å². The number of sulfonamides is 1. The van der Waals surface area contributed by atoms with Crippen LogP contribution >= 0.6 is 0 Å². The van der Waals surface area contributed by atoms with Crippen LogP contribution < -0.4 is 9.62 Å². The molecule has 2 aromatic rings. The first-order valence-corrected chi connectivity index (χ1v) is 8.42. The molecule has 0 aliphatic carbocycles. The maximum atomic E-state index is 14.1. The van der Waals surface area contributed by atoms with Crippen molar-refractivity contribution >= 4 is 33.2 Å². The first-order valence-electron chi connectivity index (χ1n) is 6.53. The molecular formula is C15H11FN2O4S. The zero-order chi connectivity index (χ0) is 16.8. The van der Waals surface area contributed by atoms with Gasteiger partial charge in [-0.15, -0.1) is 0 Å². The van der Waals surface area contributed by atoms with Gasteiger partial charge in [0.2, 0.25) is 10.0 Å². The number of hydrogen-bond acceptors (Lipinski definition) is 4. The molecule has 0 radical (unpaired) electrons. The molecule has 1 N–H and O–H groups in total. The number of rotatable bonds is 3. The summed E-state index contributed by atoms with van der Waals surface area (Å²) in [5.74, 6) is -2.11. The Labute approximate surface area is 131 Å². The van der Waals surface area contributed by atoms with Gasteiger partial charge in [-0.2, -0.15) is 0 Å². The number of carbonyl (C=O) groups excluding carboxylic acids is 2. The van der Waals surface area contributed by atoms with Gasteiger partial charge in [-0.25, -0.2) is 17.7 Å². The molecule has 8 heteroatoms. The molecule has 0 bridgehead atoms. The highest BCUT2D eigenvalue weighted by Gasteiger charge is 2.37. The van der Waals surface area contributed by atoms with Crippen LogP contribution in [0.15, 0.2) is 42.5 Å². The van der Waals surface area contributed by atoms with E-state index < -0.39 is 27.7 Å². The lowest BCUT2D eigenvalue weighted by atomic mass is 10.1. The van der Waals surface area contributed by atoms with Gasteiger partial charge in [0.15, 0.2) is 0 Å². The molecule has 1 aliphatic rings. The minimum Gasteiger partial charge on any atom is -0.284 e. The second-order valence-corrected chi connectivity index (χ2v) is 6.78. The van der Waals surface area contributed by atoms with Crippen molar-refractivity contribution in [1.82, 2.24) is 0 Å². The van der Waals surface area contributed by atoms with E-state index in [9.17, 15) is 22.4 Å². The number of nitrogens with zero attached hydrogens (tertiary/aromatic N) is 1. The number of nitrogens with one attached hydrogen (secondary N) is 1. The summed E-state index contributed by atoms with van der Waals surface area (Å²) in [6, 6.07) is 9.47. The van der Waals surface area contributed by atoms with Gasteiger partial charge in [0.25, 0.3) is 11.8 Å². The molecule has 0 unspecified atom stereocenters. The van der Waals surface area contributed by atoms with Crippen LogP contribution in [-0.4, -0.2) is 26.5 Å². The molecule has 0 atom stereocenters. The molecule has 1 aliphatic heterocycles. The van der Waals surface area contributed by atoms with Crippen molar-refractivity contribution in [3.05, 3.63) is 59.4 Å². The van der Waals surface area contributed by atoms with E-state index in [1.807, 2.05) is 0 Å². The monoisotopic (exact) mass is 334 g/mol. The van der Waals surface area contributed by atoms with E-state index in [0.29, 0.717) is 4.90 Å². The number of fused-ring (bicyclic) bond motifs is 1. The highest BCUT2D eigenvalue weighted by atomic mass is 32.2. The number of hydrogen-bond donors (Lipinski definition) is 1. The maximum Gasteiger partial charge on any atom is 0.266 e. The summed E-state index contributed by atoms with van der Waals surface area (Å²) in [5, 5.41) is 0. The number of amides is 2. The highest BCUT2D eigenvalue weighted by Crippen LogP contribution is 2.32. The van der Waals surface area contributed by atoms with E-state index in [1.165, 1.54) is 18.2 Å². The average molecular weight is 334 g/mol. The van der Waals surface area contributed by atoms with Gasteiger partial charge in [-0.3, -0.25) is 14.3 Å². The predicted molar refractivity (Wildman–Crippen MR) is 82.4 cm³/mol. The third kappa shape index (κ3) is 2.68. The molecule has 0 spiro atoms. The Balaban J connectivity index is 2.08. The number of anilines is 2. The van der Waals surface area contributed by atoms with E-state index in [4.69, 9.17) is 0 Å². The number of carbonyl (C=O) groups is 2. The minimum atomic E-state index is -3.57. The van der Waals surface area contributed by atoms with Crippen LogP contribution in [0, 0.1) is 5.82 Å². The van der Waals surface area contributed by atoms with Crippen molar-refractivity contribution in [3.63, 3.8) is 0 Å². The second-order valence-electron chi connectivity index (χ2n) is 5.03. The highest BCUT2D eigenvalue weighted by molar-refractivity contribution is 7.92. The number of benzene rings is 2. The van der Waals surface area contributed by atoms with Gasteiger partial charge in [-0.05, 0) is 30.3 Å². The number of imide groups is 1. The number of halogens is 1. The van der Waals surface area contributed by atoms with Crippen LogP contribution in [0.25, 0.3) is 0 Å². The van der Waals surface area contributed by atoms with Crippen LogP contribution in [0.3, 0.4) is 0 Å². The Kier molecular flexibility index (Phi) is 3.41. The Morgan fingerprint density at radius 1 is 1.00 bits per heavy atom. The van der Waals surface area contributed by atoms with E-state index in [2.05, 4.69) is 4.72 Å². The summed E-state index contributed by atoms with van der Waals surface area (Å²) in [7, 11) is -3.57. The SMILES string of the molecule is CS(=O)(=O)Nc1ccc(F)c(N2C(=O)c3ccccc3C2=O)c1. The lowest BCUT2D eigenvalue weighted by Crippen LogP contribution is -2.30. The Morgan fingerprint density at radius 2 is 1.57 bits per heavy atom. The molecule has 6 nitrogen and oxygen atoms in total. The Morgan fingerprint density at radius 3 is 2.09 bits per heavy atom. The third-order valence-electron chi connectivity index (χ3n) is 3.28. The second kappa shape index (κ2) is 5.17. The fraction of sp³-hybridized carbons (Fsp3) is 0.0667. The maximum absolute atomic E-state index is 14.1. The molecule has 1 heterocycles. The van der Waals surface area contributed by atoms with Crippen molar-refractivity contribution < 1.29 is 22.4 Å². The van der Waals surface area contributed by atoms with Crippen LogP contribution in [0.1, 0.15) is 20.7 Å². The molecule has 2 aromatic carbocycles. The van der Waals surface area contributed by atoms with Crippen molar-refractivity contribution in [2.45, 2.75) is 0 Å². The van der Waals surface area contributed by atoms with Crippen LogP contribution in [0.5, 0.6) is 0 Å². The predicted octanol–water partition coefficient (Wildman–Crippen LogP) is 2.00. The standard InChI is InChI=1S/C15H11FN2O4S/c1-23(21,22)17-9-6-7-12(16)13(8-9)18-14(19)10-4-2-3-5-11(10)15(18)20/h2-8,17H,1H3. The smallest absolute Gasteiger partial charge is 0.266 e. The van der Waals surface area contributed by atoms with Crippen molar-refractivity contribution in [2.75, 3.05) is 15.9 Å². The van der Waals surface area contributed by atoms with Gasteiger partial charge in [-0.1, -0.05) is 12.1 Å². The zero-order valence-corrected chi connectivity index (χ0v) is 12.7. The molecule has 118 valence electrons. The molecule has 0 saturated carbocycles. The first kappa shape index (κ1) is 15.2. The lowest BCUT2D eigenvalue weighted by Gasteiger charge is -2.16. The minimum absolute atomic E-state index is 0.0560. The van der Waals surface area contributed by atoms with Crippen molar-refractivity contribution in [1.29, 1.82) is 0 Å². The van der Waals surface area contributed by atoms with E-state index in [1.54, 1.807) is 12.1 Å². The topological polar surface area (TPSA) is 83.6 Å². The summed E-state index contributed by atoms with van der Waals surface area (Å²) >= 11 is 0. The van der Waals surface area contributed by atoms with Gasteiger partial charge < -0.3 is 0 Å². The summed E-state index contributed by atoms with van der Waals surface area (Å²) in [5.41, 5.74) is 0.113. The van der Waals surface area contributed by atoms with E-state index >= 15 is 0 Å². The van der Waals surface area contributed by atoms with E-state index in [0.717, 1.165) is 18.4 Å². The third-order valence-corrected chi connectivity index (χ3v) is 3.89. The summed E-state index contributed by atoms with van der Waals surface area (Å²) in [6.07, 6.45) is 0.943. The van der Waals surface area contributed by atoms with Crippen LogP contribution in [0.4, 0.5) is 15.8 Å². The van der Waals surface area contributed by atoms with Gasteiger partial charge in [0.1, 0.15) is 5.82 Å². The molecule has 2 amide bonds. The average Bonchev–Trinajstić information content (AvgIpc) is 2.72. The first-order chi connectivity index (χ1) is 10.8. The molecule has 3 rings (SSSR count). The fourth-order valence-corrected chi connectivity index (χ4v) is 2.92. The van der Waals surface area contributed by atoms with E-state index in [-0.39, 0.29) is 22.5 Å². The quantitative estimate of drug-likeness (QED) is 0.870. The van der Waals surface area contributed by atoms with Crippen molar-refractivity contribution in [3.8, 4) is 0 Å². The summed E-state index contributed by atoms with van der Waals surface area (Å²) in [4.78, 5) is 25.4. The zero-order valence-electron chi connectivity index (χ0n) is 11.9. The summed E-state index contributed by atoms with van der Waals surface area (Å²) in [6.45, 7) is 0. The van der Waals surface area contributed by atoms with Gasteiger partial charge in [0, 0.05) is 0 Å². The molecule has 0 saturated heterocycles. The Bertz CT molecular complexity index is 905. The molecule has 0 aromatic heterocycles. The normalized spacial score (nSPS) is 14.1. The van der Waals surface area contributed by atoms with Crippen LogP contribution in [0.2, 0.25) is 0 Å². The van der Waals surface area contributed by atoms with Crippen molar-refractivity contribution in [2.24, 2.45) is 0 Å². The lowest BCUT2D eigenvalue weighted by molar-refractivity contribution is 0.0925. The molecule has 23 heavy (non-hydrogen) atoms. The largest absolute Gasteiger partial charge is 0.284 e. The van der Waals surface area contributed by atoms with Crippen LogP contribution in [-0.2, 0) is 10.0 Å². The summed E-state index contributed by atoms with van der Waals surface area (Å²) < 4.78 is 38.8. The fourth-order valence-electron chi connectivity index (χ4n) is 2.37. The molecule has 0 fully saturated rings.